The summed E-state index contributed by atoms with van der Waals surface area (Å²) in [6, 6.07) is 3.26. The van der Waals surface area contributed by atoms with E-state index in [1.807, 2.05) is 0 Å². The van der Waals surface area contributed by atoms with Crippen molar-refractivity contribution in [1.29, 1.82) is 0 Å². The zero-order valence-corrected chi connectivity index (χ0v) is 9.52. The monoisotopic (exact) mass is 255 g/mol. The Morgan fingerprint density at radius 2 is 2.06 bits per heavy atom. The Morgan fingerprint density at radius 3 is 2.65 bits per heavy atom. The Labute approximate surface area is 99.4 Å². The van der Waals surface area contributed by atoms with E-state index in [1.165, 1.54) is 6.07 Å². The molecule has 0 unspecified atom stereocenters. The van der Waals surface area contributed by atoms with Gasteiger partial charge < -0.3 is 5.11 Å². The minimum atomic E-state index is -1.19. The van der Waals surface area contributed by atoms with Crippen LogP contribution >= 0.6 is 11.3 Å². The van der Waals surface area contributed by atoms with Crippen LogP contribution in [0.25, 0.3) is 10.4 Å². The fourth-order valence-electron chi connectivity index (χ4n) is 1.41. The molecule has 0 aliphatic heterocycles. The first-order chi connectivity index (χ1) is 7.99. The molecule has 0 saturated carbocycles. The van der Waals surface area contributed by atoms with E-state index in [1.54, 1.807) is 6.92 Å². The predicted molar refractivity (Wildman–Crippen MR) is 59.2 cm³/mol. The fourth-order valence-corrected chi connectivity index (χ4v) is 2.31. The number of hydrogen-bond donors (Lipinski definition) is 1. The fraction of sp³-hybridized carbons (Fsp3) is 0.0909. The predicted octanol–water partition coefficient (Wildman–Crippen LogP) is 3.09. The molecule has 1 heterocycles. The van der Waals surface area contributed by atoms with Gasteiger partial charge in [0, 0.05) is 0 Å². The molecule has 0 atom stereocenters. The van der Waals surface area contributed by atoms with Gasteiger partial charge in [-0.05, 0) is 24.6 Å². The number of benzene rings is 1. The number of carboxylic acid groups (broad SMARTS) is 1. The highest BCUT2D eigenvalue weighted by atomic mass is 32.1. The topological polar surface area (TPSA) is 50.2 Å². The van der Waals surface area contributed by atoms with Crippen molar-refractivity contribution in [3.05, 3.63) is 40.5 Å². The molecule has 1 aromatic heterocycles. The van der Waals surface area contributed by atoms with E-state index in [0.717, 1.165) is 23.5 Å². The summed E-state index contributed by atoms with van der Waals surface area (Å²) in [5.74, 6) is -3.16. The van der Waals surface area contributed by atoms with Gasteiger partial charge in [0.15, 0.2) is 17.3 Å². The summed E-state index contributed by atoms with van der Waals surface area (Å²) < 4.78 is 25.8. The normalized spacial score (nSPS) is 10.5. The average molecular weight is 255 g/mol. The second-order valence-corrected chi connectivity index (χ2v) is 4.55. The smallest absolute Gasteiger partial charge is 0.356 e. The van der Waals surface area contributed by atoms with Gasteiger partial charge in [0.05, 0.1) is 9.88 Å². The van der Waals surface area contributed by atoms with Crippen molar-refractivity contribution in [3.8, 4) is 10.4 Å². The zero-order valence-electron chi connectivity index (χ0n) is 8.70. The van der Waals surface area contributed by atoms with Crippen molar-refractivity contribution in [2.75, 3.05) is 0 Å². The first-order valence-corrected chi connectivity index (χ1v) is 5.47. The number of thiazole rings is 1. The third kappa shape index (κ3) is 2.16. The van der Waals surface area contributed by atoms with Crippen molar-refractivity contribution < 1.29 is 18.7 Å². The quantitative estimate of drug-likeness (QED) is 0.897. The SMILES string of the molecule is Cc1nc(C(=O)O)c(-c2ccc(F)c(F)c2)s1. The number of hydrogen-bond acceptors (Lipinski definition) is 3. The molecule has 0 fully saturated rings. The third-order valence-electron chi connectivity index (χ3n) is 2.12. The number of carboxylic acids is 1. The van der Waals surface area contributed by atoms with Crippen LogP contribution < -0.4 is 0 Å². The molecule has 0 amide bonds. The van der Waals surface area contributed by atoms with Crippen LogP contribution in [0.15, 0.2) is 18.2 Å². The van der Waals surface area contributed by atoms with Gasteiger partial charge in [-0.15, -0.1) is 11.3 Å². The molecule has 1 aromatic carbocycles. The van der Waals surface area contributed by atoms with Crippen molar-refractivity contribution in [2.45, 2.75) is 6.92 Å². The highest BCUT2D eigenvalue weighted by Crippen LogP contribution is 2.31. The van der Waals surface area contributed by atoms with Crippen LogP contribution in [0.2, 0.25) is 0 Å². The molecule has 0 bridgehead atoms. The number of rotatable bonds is 2. The number of carbonyl (C=O) groups is 1. The molecule has 3 nitrogen and oxygen atoms in total. The van der Waals surface area contributed by atoms with E-state index in [9.17, 15) is 13.6 Å². The molecular weight excluding hydrogens is 248 g/mol. The average Bonchev–Trinajstić information content (AvgIpc) is 2.64. The van der Waals surface area contributed by atoms with Gasteiger partial charge in [0.1, 0.15) is 0 Å². The first-order valence-electron chi connectivity index (χ1n) is 4.65. The van der Waals surface area contributed by atoms with Crippen LogP contribution in [-0.2, 0) is 0 Å². The van der Waals surface area contributed by atoms with Crippen LogP contribution in [0.3, 0.4) is 0 Å². The number of halogens is 2. The lowest BCUT2D eigenvalue weighted by molar-refractivity contribution is 0.0692. The van der Waals surface area contributed by atoms with E-state index in [4.69, 9.17) is 5.11 Å². The van der Waals surface area contributed by atoms with Crippen LogP contribution in [0.5, 0.6) is 0 Å². The molecule has 2 aromatic rings. The minimum absolute atomic E-state index is 0.140. The Hall–Kier alpha value is -1.82. The molecule has 0 radical (unpaired) electrons. The number of nitrogens with zero attached hydrogens (tertiary/aromatic N) is 1. The van der Waals surface area contributed by atoms with Crippen LogP contribution in [-0.4, -0.2) is 16.1 Å². The maximum atomic E-state index is 13.1. The summed E-state index contributed by atoms with van der Waals surface area (Å²) >= 11 is 1.13. The molecule has 88 valence electrons. The summed E-state index contributed by atoms with van der Waals surface area (Å²) in [6.45, 7) is 1.65. The second-order valence-electron chi connectivity index (χ2n) is 3.34. The van der Waals surface area contributed by atoms with Gasteiger partial charge in [-0.25, -0.2) is 18.6 Å². The molecule has 0 spiro atoms. The van der Waals surface area contributed by atoms with Crippen molar-refractivity contribution in [1.82, 2.24) is 4.98 Å². The number of aryl methyl sites for hydroxylation is 1. The highest BCUT2D eigenvalue weighted by molar-refractivity contribution is 7.15. The summed E-state index contributed by atoms with van der Waals surface area (Å²) in [6.07, 6.45) is 0. The van der Waals surface area contributed by atoms with Gasteiger partial charge in [-0.1, -0.05) is 6.07 Å². The van der Waals surface area contributed by atoms with Gasteiger partial charge in [-0.2, -0.15) is 0 Å². The number of aromatic nitrogens is 1. The summed E-state index contributed by atoms with van der Waals surface area (Å²) in [5, 5.41) is 9.50. The van der Waals surface area contributed by atoms with Gasteiger partial charge in [0.25, 0.3) is 0 Å². The number of aromatic carboxylic acids is 1. The van der Waals surface area contributed by atoms with Crippen molar-refractivity contribution in [2.24, 2.45) is 0 Å². The molecular formula is C11H7F2NO2S. The largest absolute Gasteiger partial charge is 0.476 e. The minimum Gasteiger partial charge on any atom is -0.476 e. The van der Waals surface area contributed by atoms with Gasteiger partial charge >= 0.3 is 5.97 Å². The maximum absolute atomic E-state index is 13.1. The molecule has 1 N–H and O–H groups in total. The highest BCUT2D eigenvalue weighted by Gasteiger charge is 2.18. The Morgan fingerprint density at radius 1 is 1.35 bits per heavy atom. The zero-order chi connectivity index (χ0) is 12.6. The summed E-state index contributed by atoms with van der Waals surface area (Å²) in [7, 11) is 0. The molecule has 2 rings (SSSR count). The van der Waals surface area contributed by atoms with E-state index < -0.39 is 17.6 Å². The molecule has 0 aliphatic carbocycles. The molecule has 6 heteroatoms. The van der Waals surface area contributed by atoms with E-state index in [2.05, 4.69) is 4.98 Å². The van der Waals surface area contributed by atoms with E-state index in [-0.39, 0.29) is 5.69 Å². The van der Waals surface area contributed by atoms with Crippen molar-refractivity contribution >= 4 is 17.3 Å². The Bertz CT molecular complexity index is 595. The summed E-state index contributed by atoms with van der Waals surface area (Å²) in [5.41, 5.74) is 0.172. The molecule has 0 saturated heterocycles. The van der Waals surface area contributed by atoms with Crippen molar-refractivity contribution in [3.63, 3.8) is 0 Å². The van der Waals surface area contributed by atoms with Gasteiger partial charge in [0.2, 0.25) is 0 Å². The van der Waals surface area contributed by atoms with Crippen LogP contribution in [0.4, 0.5) is 8.78 Å². The lowest BCUT2D eigenvalue weighted by atomic mass is 10.1. The van der Waals surface area contributed by atoms with Crippen LogP contribution in [0, 0.1) is 18.6 Å². The van der Waals surface area contributed by atoms with Gasteiger partial charge in [-0.3, -0.25) is 0 Å². The maximum Gasteiger partial charge on any atom is 0.356 e. The van der Waals surface area contributed by atoms with Crippen LogP contribution in [0.1, 0.15) is 15.5 Å². The van der Waals surface area contributed by atoms with E-state index in [0.29, 0.717) is 15.4 Å². The third-order valence-corrected chi connectivity index (χ3v) is 3.14. The standard InChI is InChI=1S/C11H7F2NO2S/c1-5-14-9(11(15)16)10(17-5)6-2-3-7(12)8(13)4-6/h2-4H,1H3,(H,15,16). The first kappa shape index (κ1) is 11.7. The van der Waals surface area contributed by atoms with E-state index >= 15 is 0 Å². The molecule has 0 aliphatic rings. The second kappa shape index (κ2) is 4.21. The Kier molecular flexibility index (Phi) is 2.89. The lowest BCUT2D eigenvalue weighted by Crippen LogP contribution is -1.99. The summed E-state index contributed by atoms with van der Waals surface area (Å²) in [4.78, 5) is 15.1. The lowest BCUT2D eigenvalue weighted by Gasteiger charge is -1.99. The molecule has 17 heavy (non-hydrogen) atoms. The Balaban J connectivity index is 2.59.